The van der Waals surface area contributed by atoms with Crippen molar-refractivity contribution in [2.24, 2.45) is 0 Å². The van der Waals surface area contributed by atoms with Crippen LogP contribution < -0.4 is 5.32 Å². The Kier molecular flexibility index (Phi) is 5.37. The van der Waals surface area contributed by atoms with Crippen molar-refractivity contribution < 1.29 is 9.53 Å². The molecule has 2 saturated heterocycles. The van der Waals surface area contributed by atoms with Gasteiger partial charge in [-0.3, -0.25) is 9.69 Å². The van der Waals surface area contributed by atoms with E-state index in [4.69, 9.17) is 4.74 Å². The number of ether oxygens (including phenoxy) is 1. The first-order chi connectivity index (χ1) is 11.4. The van der Waals surface area contributed by atoms with Gasteiger partial charge < -0.3 is 10.1 Å². The minimum absolute atomic E-state index is 0.0464. The van der Waals surface area contributed by atoms with E-state index in [1.54, 1.807) is 17.4 Å². The number of carbonyl (C=O) groups is 1. The fourth-order valence-electron chi connectivity index (χ4n) is 3.15. The van der Waals surface area contributed by atoms with Crippen LogP contribution in [0.25, 0.3) is 6.08 Å². The van der Waals surface area contributed by atoms with Gasteiger partial charge in [0.1, 0.15) is 0 Å². The topological polar surface area (TPSA) is 54.5 Å². The molecule has 2 aliphatic rings. The predicted octanol–water partition coefficient (Wildman–Crippen LogP) is 2.43. The van der Waals surface area contributed by atoms with Crippen molar-refractivity contribution in [2.45, 2.75) is 51.2 Å². The highest BCUT2D eigenvalue weighted by Gasteiger charge is 2.32. The largest absolute Gasteiger partial charge is 0.373 e. The number of nitrogens with zero attached hydrogens (tertiary/aromatic N) is 2. The summed E-state index contributed by atoms with van der Waals surface area (Å²) in [5, 5.41) is 4.03. The van der Waals surface area contributed by atoms with Gasteiger partial charge >= 0.3 is 0 Å². The maximum atomic E-state index is 12.0. The summed E-state index contributed by atoms with van der Waals surface area (Å²) in [6.07, 6.45) is 7.86. The minimum atomic E-state index is -0.0761. The Morgan fingerprint density at radius 2 is 2.38 bits per heavy atom. The molecule has 0 unspecified atom stereocenters. The summed E-state index contributed by atoms with van der Waals surface area (Å²) in [6.45, 7) is 9.89. The average molecular weight is 350 g/mol. The van der Waals surface area contributed by atoms with Gasteiger partial charge in [0.25, 0.3) is 0 Å². The zero-order valence-corrected chi connectivity index (χ0v) is 15.6. The quantitative estimate of drug-likeness (QED) is 0.849. The highest BCUT2D eigenvalue weighted by atomic mass is 32.1. The smallest absolute Gasteiger partial charge is 0.244 e. The van der Waals surface area contributed by atoms with Crippen LogP contribution in [0.5, 0.6) is 0 Å². The Hall–Kier alpha value is -1.24. The molecule has 24 heavy (non-hydrogen) atoms. The van der Waals surface area contributed by atoms with Crippen LogP contribution in [0, 0.1) is 0 Å². The molecule has 0 bridgehead atoms. The normalized spacial score (nSPS) is 25.1. The first kappa shape index (κ1) is 17.6. The van der Waals surface area contributed by atoms with Crippen molar-refractivity contribution in [3.63, 3.8) is 0 Å². The second-order valence-electron chi connectivity index (χ2n) is 7.64. The monoisotopic (exact) mass is 349 g/mol. The molecule has 0 saturated carbocycles. The van der Waals surface area contributed by atoms with Crippen LogP contribution in [0.15, 0.2) is 12.3 Å². The summed E-state index contributed by atoms with van der Waals surface area (Å²) in [5.74, 6) is -0.0761. The van der Waals surface area contributed by atoms with Crippen LogP contribution in [-0.2, 0) is 14.9 Å². The number of amides is 1. The molecule has 6 heteroatoms. The summed E-state index contributed by atoms with van der Waals surface area (Å²) in [6, 6.07) is 0.597. The molecule has 0 spiro atoms. The van der Waals surface area contributed by atoms with Crippen LogP contribution >= 0.6 is 11.3 Å². The number of hydrogen-bond acceptors (Lipinski definition) is 5. The molecular formula is C18H27N3O2S. The van der Waals surface area contributed by atoms with E-state index in [0.29, 0.717) is 12.6 Å². The van der Waals surface area contributed by atoms with Gasteiger partial charge in [-0.05, 0) is 25.5 Å². The number of nitrogens with one attached hydrogen (secondary N) is 1. The summed E-state index contributed by atoms with van der Waals surface area (Å²) < 4.78 is 5.86. The molecule has 132 valence electrons. The van der Waals surface area contributed by atoms with Crippen molar-refractivity contribution in [2.75, 3.05) is 26.2 Å². The highest BCUT2D eigenvalue weighted by molar-refractivity contribution is 7.12. The average Bonchev–Trinajstić information content (AvgIpc) is 3.18. The van der Waals surface area contributed by atoms with Gasteiger partial charge in [0.15, 0.2) is 0 Å². The number of aromatic nitrogens is 1. The van der Waals surface area contributed by atoms with E-state index in [-0.39, 0.29) is 17.4 Å². The Morgan fingerprint density at radius 3 is 3.12 bits per heavy atom. The summed E-state index contributed by atoms with van der Waals surface area (Å²) in [4.78, 5) is 19.9. The van der Waals surface area contributed by atoms with Crippen LogP contribution in [0.4, 0.5) is 0 Å². The molecule has 3 heterocycles. The number of fused-ring (bicyclic) bond motifs is 1. The standard InChI is InChI=1S/C18H27N3O2S/c1-18(2,3)17-20-10-15(24-17)6-7-16(22)19-9-14-11-21-8-4-5-13(21)12-23-14/h6-7,10,13-14H,4-5,8-9,11-12H2,1-3H3,(H,19,22)/b7-6+/t13-,14-/m0/s1. The van der Waals surface area contributed by atoms with Crippen molar-refractivity contribution in [1.29, 1.82) is 0 Å². The van der Waals surface area contributed by atoms with Gasteiger partial charge in [0, 0.05) is 41.7 Å². The lowest BCUT2D eigenvalue weighted by atomic mass is 9.98. The second-order valence-corrected chi connectivity index (χ2v) is 8.70. The van der Waals surface area contributed by atoms with Crippen molar-refractivity contribution in [3.05, 3.63) is 22.2 Å². The summed E-state index contributed by atoms with van der Waals surface area (Å²) in [7, 11) is 0. The molecule has 1 aromatic rings. The number of hydrogen-bond donors (Lipinski definition) is 1. The van der Waals surface area contributed by atoms with E-state index in [2.05, 4.69) is 36.0 Å². The van der Waals surface area contributed by atoms with Crippen molar-refractivity contribution in [1.82, 2.24) is 15.2 Å². The molecule has 0 aliphatic carbocycles. The van der Waals surface area contributed by atoms with E-state index in [1.165, 1.54) is 19.4 Å². The third kappa shape index (κ3) is 4.43. The molecule has 3 rings (SSSR count). The fraction of sp³-hybridized carbons (Fsp3) is 0.667. The molecule has 1 amide bonds. The lowest BCUT2D eigenvalue weighted by Crippen LogP contribution is -2.49. The van der Waals surface area contributed by atoms with E-state index in [1.807, 2.05) is 12.3 Å². The second kappa shape index (κ2) is 7.33. The zero-order valence-electron chi connectivity index (χ0n) is 14.7. The number of morpholine rings is 1. The van der Waals surface area contributed by atoms with Crippen LogP contribution in [-0.4, -0.2) is 54.2 Å². The van der Waals surface area contributed by atoms with Crippen LogP contribution in [0.1, 0.15) is 43.5 Å². The maximum absolute atomic E-state index is 12.0. The van der Waals surface area contributed by atoms with E-state index >= 15 is 0 Å². The summed E-state index contributed by atoms with van der Waals surface area (Å²) >= 11 is 1.63. The van der Waals surface area contributed by atoms with E-state index in [0.717, 1.165) is 23.0 Å². The van der Waals surface area contributed by atoms with Crippen LogP contribution in [0.3, 0.4) is 0 Å². The SMILES string of the molecule is CC(C)(C)c1ncc(/C=C/C(=O)NC[C@H]2CN3CCC[C@H]3CO2)s1. The molecule has 2 atom stereocenters. The van der Waals surface area contributed by atoms with Gasteiger partial charge in [0.2, 0.25) is 5.91 Å². The minimum Gasteiger partial charge on any atom is -0.373 e. The van der Waals surface area contributed by atoms with Crippen LogP contribution in [0.2, 0.25) is 0 Å². The number of rotatable bonds is 4. The number of thiazole rings is 1. The first-order valence-electron chi connectivity index (χ1n) is 8.70. The third-order valence-electron chi connectivity index (χ3n) is 4.53. The van der Waals surface area contributed by atoms with Crippen molar-refractivity contribution >= 4 is 23.3 Å². The first-order valence-corrected chi connectivity index (χ1v) is 9.51. The van der Waals surface area contributed by atoms with Gasteiger partial charge in [-0.25, -0.2) is 4.98 Å². The molecule has 2 fully saturated rings. The molecule has 2 aliphatic heterocycles. The lowest BCUT2D eigenvalue weighted by molar-refractivity contribution is -0.117. The molecular weight excluding hydrogens is 322 g/mol. The Morgan fingerprint density at radius 1 is 1.54 bits per heavy atom. The van der Waals surface area contributed by atoms with Crippen molar-refractivity contribution in [3.8, 4) is 0 Å². The number of carbonyl (C=O) groups excluding carboxylic acids is 1. The highest BCUT2D eigenvalue weighted by Crippen LogP contribution is 2.27. The zero-order chi connectivity index (χ0) is 17.2. The Bertz CT molecular complexity index is 606. The Labute approximate surface area is 148 Å². The van der Waals surface area contributed by atoms with Gasteiger partial charge in [-0.2, -0.15) is 0 Å². The van der Waals surface area contributed by atoms with Gasteiger partial charge in [0.05, 0.1) is 17.7 Å². The Balaban J connectivity index is 1.44. The molecule has 0 radical (unpaired) electrons. The lowest BCUT2D eigenvalue weighted by Gasteiger charge is -2.35. The predicted molar refractivity (Wildman–Crippen MR) is 97.2 cm³/mol. The third-order valence-corrected chi connectivity index (χ3v) is 5.92. The van der Waals surface area contributed by atoms with E-state index in [9.17, 15) is 4.79 Å². The van der Waals surface area contributed by atoms with E-state index < -0.39 is 0 Å². The van der Waals surface area contributed by atoms with Gasteiger partial charge in [-0.15, -0.1) is 11.3 Å². The molecule has 1 aromatic heterocycles. The van der Waals surface area contributed by atoms with Gasteiger partial charge in [-0.1, -0.05) is 20.8 Å². The molecule has 0 aromatic carbocycles. The summed E-state index contributed by atoms with van der Waals surface area (Å²) in [5.41, 5.74) is 0.0464. The molecule has 5 nitrogen and oxygen atoms in total. The maximum Gasteiger partial charge on any atom is 0.244 e. The molecule has 1 N–H and O–H groups in total. The fourth-order valence-corrected chi connectivity index (χ4v) is 4.03.